The Kier molecular flexibility index (Phi) is 5.11. The number of thiazole rings is 1. The van der Waals surface area contributed by atoms with Crippen LogP contribution in [0, 0.1) is 6.92 Å². The minimum absolute atomic E-state index is 0.0149. The predicted octanol–water partition coefficient (Wildman–Crippen LogP) is 4.77. The highest BCUT2D eigenvalue weighted by molar-refractivity contribution is 7.11. The van der Waals surface area contributed by atoms with Crippen molar-refractivity contribution in [2.75, 3.05) is 6.54 Å². The molecule has 0 aliphatic carbocycles. The number of nitrogens with zero attached hydrogens (tertiary/aromatic N) is 3. The number of halogens is 1. The second-order valence-corrected chi connectivity index (χ2v) is 7.33. The molecule has 0 radical (unpaired) electrons. The van der Waals surface area contributed by atoms with Gasteiger partial charge in [-0.15, -0.1) is 11.3 Å². The lowest BCUT2D eigenvalue weighted by Crippen LogP contribution is -2.38. The smallest absolute Gasteiger partial charge is 0.290 e. The fourth-order valence-electron chi connectivity index (χ4n) is 3.06. The zero-order valence-electron chi connectivity index (χ0n) is 14.8. The summed E-state index contributed by atoms with van der Waals surface area (Å²) in [6.45, 7) is 8.70. The summed E-state index contributed by atoms with van der Waals surface area (Å²) in [5.41, 5.74) is 2.54. The van der Waals surface area contributed by atoms with Crippen molar-refractivity contribution in [3.05, 3.63) is 44.6 Å². The second-order valence-electron chi connectivity index (χ2n) is 5.69. The van der Waals surface area contributed by atoms with Crippen molar-refractivity contribution >= 4 is 39.9 Å². The molecule has 1 aromatic carbocycles. The molecule has 3 heterocycles. The van der Waals surface area contributed by atoms with Crippen molar-refractivity contribution < 1.29 is 4.79 Å². The molecule has 25 heavy (non-hydrogen) atoms. The number of aromatic nitrogens is 3. The molecule has 4 rings (SSSR count). The zero-order valence-corrected chi connectivity index (χ0v) is 16.3. The Labute approximate surface area is 156 Å². The third-order valence-electron chi connectivity index (χ3n) is 4.20. The number of benzene rings is 1. The summed E-state index contributed by atoms with van der Waals surface area (Å²) in [5, 5.41) is 1.59. The van der Waals surface area contributed by atoms with E-state index in [0.717, 1.165) is 22.6 Å². The Morgan fingerprint density at radius 1 is 1.36 bits per heavy atom. The number of nitrogens with one attached hydrogen (secondary N) is 1. The largest absolute Gasteiger partial charge is 0.334 e. The third kappa shape index (κ3) is 3.16. The van der Waals surface area contributed by atoms with E-state index in [-0.39, 0.29) is 11.9 Å². The second kappa shape index (κ2) is 7.14. The molecule has 1 N–H and O–H groups in total. The number of aromatic amines is 1. The first-order chi connectivity index (χ1) is 12.0. The van der Waals surface area contributed by atoms with Crippen molar-refractivity contribution in [3.8, 4) is 0 Å². The molecule has 0 bridgehead atoms. The van der Waals surface area contributed by atoms with Crippen molar-refractivity contribution in [2.24, 2.45) is 0 Å². The van der Waals surface area contributed by atoms with E-state index in [1.165, 1.54) is 4.88 Å². The molecule has 2 aromatic heterocycles. The number of hydrogen-bond donors (Lipinski definition) is 1. The standard InChI is InChI=1S/C16H15ClN4OS.C2H6/c1-8-14-12(18-9(2)23-14)6-7-21(8)16(22)15-19-11-5-3-4-10(17)13(11)20-15;1-2/h3-5,8H,6-7H2,1-2H3,(H,19,20);1-2H3. The molecule has 7 heteroatoms. The number of para-hydroxylation sites is 1. The normalized spacial score (nSPS) is 16.4. The molecule has 5 nitrogen and oxygen atoms in total. The van der Waals surface area contributed by atoms with Crippen LogP contribution in [0.2, 0.25) is 5.02 Å². The number of amides is 1. The van der Waals surface area contributed by atoms with E-state index in [1.54, 1.807) is 17.4 Å². The molecule has 0 saturated heterocycles. The quantitative estimate of drug-likeness (QED) is 0.665. The number of H-pyrrole nitrogens is 1. The average Bonchev–Trinajstić information content (AvgIpc) is 3.21. The first kappa shape index (κ1) is 17.9. The fraction of sp³-hybridized carbons (Fsp3) is 0.389. The Bertz CT molecular complexity index is 917. The predicted molar refractivity (Wildman–Crippen MR) is 102 cm³/mol. The van der Waals surface area contributed by atoms with Crippen molar-refractivity contribution in [2.45, 2.75) is 40.2 Å². The molecule has 1 unspecified atom stereocenters. The molecular weight excluding hydrogens is 356 g/mol. The Balaban J connectivity index is 0.000000880. The highest BCUT2D eigenvalue weighted by atomic mass is 35.5. The number of imidazole rings is 1. The van der Waals surface area contributed by atoms with Gasteiger partial charge in [-0.1, -0.05) is 31.5 Å². The van der Waals surface area contributed by atoms with Gasteiger partial charge in [0.05, 0.1) is 32.2 Å². The fourth-order valence-corrected chi connectivity index (χ4v) is 4.32. The highest BCUT2D eigenvalue weighted by Crippen LogP contribution is 2.34. The summed E-state index contributed by atoms with van der Waals surface area (Å²) >= 11 is 7.81. The van der Waals surface area contributed by atoms with Crippen LogP contribution in [0.1, 0.15) is 53.0 Å². The zero-order chi connectivity index (χ0) is 18.1. The Morgan fingerprint density at radius 3 is 2.84 bits per heavy atom. The van der Waals surface area contributed by atoms with Crippen LogP contribution in [-0.2, 0) is 6.42 Å². The lowest BCUT2D eigenvalue weighted by atomic mass is 10.1. The number of carbonyl (C=O) groups is 1. The van der Waals surface area contributed by atoms with Gasteiger partial charge in [0.15, 0.2) is 5.82 Å². The molecule has 0 saturated carbocycles. The van der Waals surface area contributed by atoms with Crippen LogP contribution in [0.25, 0.3) is 11.0 Å². The van der Waals surface area contributed by atoms with Gasteiger partial charge in [0, 0.05) is 13.0 Å². The maximum atomic E-state index is 12.9. The van der Waals surface area contributed by atoms with E-state index in [0.29, 0.717) is 22.9 Å². The molecular formula is C18H21ClN4OS. The minimum Gasteiger partial charge on any atom is -0.334 e. The molecule has 0 fully saturated rings. The maximum Gasteiger partial charge on any atom is 0.290 e. The lowest BCUT2D eigenvalue weighted by molar-refractivity contribution is 0.0669. The SMILES string of the molecule is CC.Cc1nc2c(s1)C(C)N(C(=O)c1nc3c(Cl)cccc3[nH]1)CC2. The van der Waals surface area contributed by atoms with Gasteiger partial charge in [-0.05, 0) is 26.0 Å². The van der Waals surface area contributed by atoms with E-state index in [9.17, 15) is 4.79 Å². The summed E-state index contributed by atoms with van der Waals surface area (Å²) in [6, 6.07) is 5.50. The summed E-state index contributed by atoms with van der Waals surface area (Å²) < 4.78 is 0. The average molecular weight is 377 g/mol. The van der Waals surface area contributed by atoms with E-state index < -0.39 is 0 Å². The van der Waals surface area contributed by atoms with Gasteiger partial charge in [-0.2, -0.15) is 0 Å². The van der Waals surface area contributed by atoms with Crippen LogP contribution in [0.5, 0.6) is 0 Å². The van der Waals surface area contributed by atoms with Gasteiger partial charge in [0.2, 0.25) is 0 Å². The van der Waals surface area contributed by atoms with Crippen LogP contribution in [-0.4, -0.2) is 32.3 Å². The van der Waals surface area contributed by atoms with Crippen LogP contribution >= 0.6 is 22.9 Å². The van der Waals surface area contributed by atoms with Gasteiger partial charge in [0.25, 0.3) is 5.91 Å². The summed E-state index contributed by atoms with van der Waals surface area (Å²) in [5.74, 6) is 0.242. The molecule has 3 aromatic rings. The molecule has 0 spiro atoms. The van der Waals surface area contributed by atoms with E-state index in [2.05, 4.69) is 15.0 Å². The third-order valence-corrected chi connectivity index (χ3v) is 5.69. The Morgan fingerprint density at radius 2 is 2.12 bits per heavy atom. The monoisotopic (exact) mass is 376 g/mol. The van der Waals surface area contributed by atoms with Gasteiger partial charge < -0.3 is 9.88 Å². The minimum atomic E-state index is -0.0959. The number of carbonyl (C=O) groups excluding carboxylic acids is 1. The van der Waals surface area contributed by atoms with Gasteiger partial charge in [0.1, 0.15) is 5.52 Å². The molecule has 1 aliphatic rings. The van der Waals surface area contributed by atoms with Crippen molar-refractivity contribution in [1.29, 1.82) is 0 Å². The number of fused-ring (bicyclic) bond motifs is 2. The van der Waals surface area contributed by atoms with E-state index in [1.807, 2.05) is 44.7 Å². The first-order valence-electron chi connectivity index (χ1n) is 8.46. The van der Waals surface area contributed by atoms with Crippen molar-refractivity contribution in [3.63, 3.8) is 0 Å². The number of aryl methyl sites for hydroxylation is 1. The van der Waals surface area contributed by atoms with Gasteiger partial charge in [-0.3, -0.25) is 4.79 Å². The first-order valence-corrected chi connectivity index (χ1v) is 9.65. The van der Waals surface area contributed by atoms with E-state index >= 15 is 0 Å². The van der Waals surface area contributed by atoms with E-state index in [4.69, 9.17) is 11.6 Å². The summed E-state index contributed by atoms with van der Waals surface area (Å²) in [7, 11) is 0. The van der Waals surface area contributed by atoms with Crippen LogP contribution in [0.15, 0.2) is 18.2 Å². The van der Waals surface area contributed by atoms with Gasteiger partial charge in [-0.25, -0.2) is 9.97 Å². The van der Waals surface area contributed by atoms with Crippen LogP contribution in [0.4, 0.5) is 0 Å². The molecule has 132 valence electrons. The van der Waals surface area contributed by atoms with Crippen LogP contribution in [0.3, 0.4) is 0 Å². The molecule has 1 atom stereocenters. The maximum absolute atomic E-state index is 12.9. The number of hydrogen-bond acceptors (Lipinski definition) is 4. The lowest BCUT2D eigenvalue weighted by Gasteiger charge is -2.32. The Hall–Kier alpha value is -1.92. The van der Waals surface area contributed by atoms with Crippen LogP contribution < -0.4 is 0 Å². The molecule has 1 amide bonds. The topological polar surface area (TPSA) is 61.9 Å². The summed E-state index contributed by atoms with van der Waals surface area (Å²) in [4.78, 5) is 27.9. The highest BCUT2D eigenvalue weighted by Gasteiger charge is 2.32. The molecule has 1 aliphatic heterocycles. The number of rotatable bonds is 1. The summed E-state index contributed by atoms with van der Waals surface area (Å²) in [6.07, 6.45) is 0.788. The van der Waals surface area contributed by atoms with Crippen molar-refractivity contribution in [1.82, 2.24) is 19.9 Å². The van der Waals surface area contributed by atoms with Gasteiger partial charge >= 0.3 is 0 Å².